The molecule has 0 aliphatic heterocycles. The Labute approximate surface area is 121 Å². The molecule has 0 unspecified atom stereocenters. The van der Waals surface area contributed by atoms with Gasteiger partial charge in [-0.15, -0.1) is 4.13 Å². The van der Waals surface area contributed by atoms with Crippen LogP contribution in [0.1, 0.15) is 0 Å². The average Bonchev–Trinajstić information content (AvgIpc) is 2.47. The molecule has 2 rings (SSSR count). The van der Waals surface area contributed by atoms with E-state index in [9.17, 15) is 16.8 Å². The second-order valence-electron chi connectivity index (χ2n) is 3.75. The molecule has 0 amide bonds. The molecular formula is C12H11NO4S3. The van der Waals surface area contributed by atoms with Gasteiger partial charge in [-0.05, 0) is 24.3 Å². The SMILES string of the molecule is O=S(=O)(NSS(=O)(=O)c1ccccc1)c1ccccc1. The Hall–Kier alpha value is -1.35. The maximum atomic E-state index is 11.9. The van der Waals surface area contributed by atoms with Crippen LogP contribution >= 0.6 is 11.0 Å². The molecule has 0 saturated carbocycles. The van der Waals surface area contributed by atoms with Crippen molar-refractivity contribution in [3.8, 4) is 0 Å². The lowest BCUT2D eigenvalue weighted by Crippen LogP contribution is -2.19. The molecule has 1 N–H and O–H groups in total. The molecule has 2 aromatic rings. The largest absolute Gasteiger partial charge is 0.250 e. The van der Waals surface area contributed by atoms with Crippen LogP contribution in [0.4, 0.5) is 0 Å². The highest BCUT2D eigenvalue weighted by atomic mass is 33.1. The first-order chi connectivity index (χ1) is 9.42. The van der Waals surface area contributed by atoms with E-state index in [1.807, 2.05) is 4.13 Å². The summed E-state index contributed by atoms with van der Waals surface area (Å²) < 4.78 is 49.7. The third-order valence-electron chi connectivity index (χ3n) is 2.34. The first-order valence-electron chi connectivity index (χ1n) is 5.47. The molecule has 5 nitrogen and oxygen atoms in total. The highest BCUT2D eigenvalue weighted by Gasteiger charge is 2.21. The molecule has 0 fully saturated rings. The Balaban J connectivity index is 2.17. The zero-order chi connectivity index (χ0) is 14.6. The number of hydrogen-bond donors (Lipinski definition) is 1. The van der Waals surface area contributed by atoms with Gasteiger partial charge in [-0.2, -0.15) is 0 Å². The van der Waals surface area contributed by atoms with E-state index < -0.39 is 18.9 Å². The minimum Gasteiger partial charge on any atom is -0.211 e. The molecule has 0 radical (unpaired) electrons. The Bertz CT molecular complexity index is 702. The molecule has 106 valence electrons. The van der Waals surface area contributed by atoms with E-state index >= 15 is 0 Å². The number of nitrogens with one attached hydrogen (secondary N) is 1. The predicted molar refractivity (Wildman–Crippen MR) is 78.0 cm³/mol. The van der Waals surface area contributed by atoms with E-state index in [1.165, 1.54) is 24.3 Å². The molecule has 0 aromatic heterocycles. The molecule has 0 saturated heterocycles. The van der Waals surface area contributed by atoms with Crippen LogP contribution in [0.3, 0.4) is 0 Å². The highest BCUT2D eigenvalue weighted by molar-refractivity contribution is 8.72. The number of rotatable bonds is 5. The molecule has 0 atom stereocenters. The highest BCUT2D eigenvalue weighted by Crippen LogP contribution is 2.22. The minimum absolute atomic E-state index is 0.00996. The number of hydrogen-bond acceptors (Lipinski definition) is 5. The van der Waals surface area contributed by atoms with Gasteiger partial charge in [0.2, 0.25) is 8.87 Å². The summed E-state index contributed by atoms with van der Waals surface area (Å²) in [6, 6.07) is 15.2. The molecule has 0 aliphatic carbocycles. The fourth-order valence-electron chi connectivity index (χ4n) is 1.37. The van der Waals surface area contributed by atoms with Crippen molar-refractivity contribution in [2.24, 2.45) is 0 Å². The van der Waals surface area contributed by atoms with Crippen LogP contribution in [-0.4, -0.2) is 16.8 Å². The van der Waals surface area contributed by atoms with Gasteiger partial charge < -0.3 is 0 Å². The van der Waals surface area contributed by atoms with Crippen molar-refractivity contribution >= 4 is 29.9 Å². The monoisotopic (exact) mass is 329 g/mol. The third kappa shape index (κ3) is 3.60. The molecule has 0 aliphatic rings. The van der Waals surface area contributed by atoms with E-state index in [0.29, 0.717) is 0 Å². The smallest absolute Gasteiger partial charge is 0.211 e. The first-order valence-corrected chi connectivity index (χ1v) is 9.77. The molecule has 0 heterocycles. The van der Waals surface area contributed by atoms with Gasteiger partial charge in [0, 0.05) is 0 Å². The molecule has 0 spiro atoms. The average molecular weight is 329 g/mol. The molecule has 20 heavy (non-hydrogen) atoms. The lowest BCUT2D eigenvalue weighted by Gasteiger charge is -2.06. The standard InChI is InChI=1S/C12H11NO4S3/c14-19(15,11-7-3-1-4-8-11)13-18-20(16,17)12-9-5-2-6-10-12/h1-10,13H. The van der Waals surface area contributed by atoms with Gasteiger partial charge in [-0.1, -0.05) is 36.4 Å². The molecule has 0 bridgehead atoms. The Morgan fingerprint density at radius 2 is 1.15 bits per heavy atom. The van der Waals surface area contributed by atoms with Gasteiger partial charge >= 0.3 is 0 Å². The summed E-state index contributed by atoms with van der Waals surface area (Å²) in [6.45, 7) is 0. The van der Waals surface area contributed by atoms with Crippen molar-refractivity contribution in [2.45, 2.75) is 9.79 Å². The molecule has 8 heteroatoms. The maximum absolute atomic E-state index is 11.9. The van der Waals surface area contributed by atoms with Crippen LogP contribution in [0.5, 0.6) is 0 Å². The van der Waals surface area contributed by atoms with Crippen LogP contribution in [0.2, 0.25) is 0 Å². The summed E-state index contributed by atoms with van der Waals surface area (Å²) in [6.07, 6.45) is 0. The van der Waals surface area contributed by atoms with Crippen molar-refractivity contribution in [3.05, 3.63) is 60.7 Å². The third-order valence-corrected chi connectivity index (χ3v) is 7.30. The van der Waals surface area contributed by atoms with E-state index in [-0.39, 0.29) is 20.8 Å². The van der Waals surface area contributed by atoms with Gasteiger partial charge in [0.25, 0.3) is 10.0 Å². The fraction of sp³-hybridized carbons (Fsp3) is 0. The van der Waals surface area contributed by atoms with Crippen LogP contribution in [0, 0.1) is 0 Å². The van der Waals surface area contributed by atoms with Gasteiger partial charge in [0.1, 0.15) is 0 Å². The maximum Gasteiger partial charge on any atom is 0.250 e. The summed E-state index contributed by atoms with van der Waals surface area (Å²) in [5, 5.41) is 0. The minimum atomic E-state index is -3.87. The van der Waals surface area contributed by atoms with Crippen molar-refractivity contribution < 1.29 is 16.8 Å². The molecule has 2 aromatic carbocycles. The normalized spacial score (nSPS) is 12.2. The zero-order valence-corrected chi connectivity index (χ0v) is 12.6. The van der Waals surface area contributed by atoms with Gasteiger partial charge in [-0.25, -0.2) is 16.8 Å². The lowest BCUT2D eigenvalue weighted by molar-refractivity contribution is 0.593. The lowest BCUT2D eigenvalue weighted by atomic mass is 10.4. The summed E-state index contributed by atoms with van der Waals surface area (Å²) in [4.78, 5) is 0.0523. The quantitative estimate of drug-likeness (QED) is 0.670. The summed E-state index contributed by atoms with van der Waals surface area (Å²) in [7, 11) is -7.47. The number of sulfonamides is 1. The van der Waals surface area contributed by atoms with Gasteiger partial charge in [-0.3, -0.25) is 0 Å². The second-order valence-corrected chi connectivity index (χ2v) is 9.26. The fourth-order valence-corrected chi connectivity index (χ4v) is 5.81. The van der Waals surface area contributed by atoms with Gasteiger partial charge in [0.05, 0.1) is 20.8 Å². The van der Waals surface area contributed by atoms with Gasteiger partial charge in [0.15, 0.2) is 0 Å². The Morgan fingerprint density at radius 3 is 1.65 bits per heavy atom. The summed E-state index contributed by atoms with van der Waals surface area (Å²) in [5.74, 6) is 0. The Morgan fingerprint density at radius 1 is 0.700 bits per heavy atom. The summed E-state index contributed by atoms with van der Waals surface area (Å²) in [5.41, 5.74) is 0. The zero-order valence-electron chi connectivity index (χ0n) is 10.1. The number of benzene rings is 2. The van der Waals surface area contributed by atoms with E-state index in [0.717, 1.165) is 0 Å². The first kappa shape index (κ1) is 15.0. The van der Waals surface area contributed by atoms with E-state index in [2.05, 4.69) is 0 Å². The van der Waals surface area contributed by atoms with E-state index in [4.69, 9.17) is 0 Å². The van der Waals surface area contributed by atoms with Crippen LogP contribution in [-0.2, 0) is 18.9 Å². The topological polar surface area (TPSA) is 80.3 Å². The summed E-state index contributed by atoms with van der Waals surface area (Å²) >= 11 is 0. The van der Waals surface area contributed by atoms with Crippen LogP contribution < -0.4 is 4.13 Å². The second kappa shape index (κ2) is 5.96. The van der Waals surface area contributed by atoms with Crippen molar-refractivity contribution in [3.63, 3.8) is 0 Å². The molecular weight excluding hydrogens is 318 g/mol. The predicted octanol–water partition coefficient (Wildman–Crippen LogP) is 2.00. The van der Waals surface area contributed by atoms with Crippen molar-refractivity contribution in [1.29, 1.82) is 0 Å². The van der Waals surface area contributed by atoms with Crippen molar-refractivity contribution in [1.82, 2.24) is 4.13 Å². The van der Waals surface area contributed by atoms with Crippen LogP contribution in [0.25, 0.3) is 0 Å². The van der Waals surface area contributed by atoms with Crippen molar-refractivity contribution in [2.75, 3.05) is 0 Å². The Kier molecular flexibility index (Phi) is 4.48. The van der Waals surface area contributed by atoms with E-state index in [1.54, 1.807) is 36.4 Å². The van der Waals surface area contributed by atoms with Crippen LogP contribution in [0.15, 0.2) is 70.5 Å².